The van der Waals surface area contributed by atoms with Gasteiger partial charge in [-0.25, -0.2) is 0 Å². The molecule has 1 aliphatic heterocycles. The van der Waals surface area contributed by atoms with Gasteiger partial charge in [0.25, 0.3) is 0 Å². The van der Waals surface area contributed by atoms with Crippen molar-refractivity contribution in [3.05, 3.63) is 35.4 Å². The predicted octanol–water partition coefficient (Wildman–Crippen LogP) is 2.95. The standard InChI is InChI=1S/C16H26N2/c1-16(2,3)14-8-6-13(7-9-14)15-12-18(4)11-5-10-17-15/h6-9,15,17H,5,10-12H2,1-4H3. The molecule has 1 saturated heterocycles. The maximum atomic E-state index is 3.64. The molecule has 0 spiro atoms. The quantitative estimate of drug-likeness (QED) is 0.819. The highest BCUT2D eigenvalue weighted by atomic mass is 15.1. The largest absolute Gasteiger partial charge is 0.309 e. The zero-order valence-corrected chi connectivity index (χ0v) is 12.2. The lowest BCUT2D eigenvalue weighted by Gasteiger charge is -2.23. The van der Waals surface area contributed by atoms with Crippen molar-refractivity contribution in [2.75, 3.05) is 26.7 Å². The van der Waals surface area contributed by atoms with Crippen LogP contribution < -0.4 is 5.32 Å². The molecule has 1 aromatic rings. The molecule has 1 fully saturated rings. The van der Waals surface area contributed by atoms with Crippen LogP contribution in [0.25, 0.3) is 0 Å². The minimum absolute atomic E-state index is 0.242. The number of hydrogen-bond acceptors (Lipinski definition) is 2. The number of benzene rings is 1. The summed E-state index contributed by atoms with van der Waals surface area (Å²) < 4.78 is 0. The summed E-state index contributed by atoms with van der Waals surface area (Å²) in [6.45, 7) is 10.2. The highest BCUT2D eigenvalue weighted by Crippen LogP contribution is 2.24. The monoisotopic (exact) mass is 246 g/mol. The number of rotatable bonds is 1. The minimum atomic E-state index is 0.242. The van der Waals surface area contributed by atoms with Gasteiger partial charge < -0.3 is 10.2 Å². The van der Waals surface area contributed by atoms with E-state index in [1.165, 1.54) is 24.1 Å². The van der Waals surface area contributed by atoms with Crippen LogP contribution in [0.2, 0.25) is 0 Å². The number of likely N-dealkylation sites (N-methyl/N-ethyl adjacent to an activating group) is 1. The Kier molecular flexibility index (Phi) is 4.08. The van der Waals surface area contributed by atoms with Gasteiger partial charge in [0.2, 0.25) is 0 Å². The fourth-order valence-corrected chi connectivity index (χ4v) is 2.53. The Morgan fingerprint density at radius 2 is 1.83 bits per heavy atom. The predicted molar refractivity (Wildman–Crippen MR) is 78.0 cm³/mol. The molecule has 0 radical (unpaired) electrons. The van der Waals surface area contributed by atoms with Crippen LogP contribution in [-0.4, -0.2) is 31.6 Å². The fourth-order valence-electron chi connectivity index (χ4n) is 2.53. The molecule has 1 aromatic carbocycles. The second-order valence-electron chi connectivity index (χ2n) is 6.49. The molecule has 100 valence electrons. The van der Waals surface area contributed by atoms with Crippen molar-refractivity contribution < 1.29 is 0 Å². The van der Waals surface area contributed by atoms with E-state index in [4.69, 9.17) is 0 Å². The molecule has 1 heterocycles. The van der Waals surface area contributed by atoms with E-state index in [0.29, 0.717) is 6.04 Å². The van der Waals surface area contributed by atoms with Gasteiger partial charge in [-0.3, -0.25) is 0 Å². The molecule has 0 amide bonds. The molecule has 1 atom stereocenters. The van der Waals surface area contributed by atoms with Crippen molar-refractivity contribution in [1.82, 2.24) is 10.2 Å². The normalized spacial score (nSPS) is 22.8. The molecule has 0 aliphatic carbocycles. The molecule has 1 aliphatic rings. The van der Waals surface area contributed by atoms with Crippen LogP contribution in [0.3, 0.4) is 0 Å². The molecule has 2 heteroatoms. The second kappa shape index (κ2) is 5.41. The highest BCUT2D eigenvalue weighted by Gasteiger charge is 2.18. The average molecular weight is 246 g/mol. The molecule has 1 N–H and O–H groups in total. The van der Waals surface area contributed by atoms with Crippen LogP contribution in [0.5, 0.6) is 0 Å². The highest BCUT2D eigenvalue weighted by molar-refractivity contribution is 5.29. The van der Waals surface area contributed by atoms with Crippen molar-refractivity contribution in [1.29, 1.82) is 0 Å². The van der Waals surface area contributed by atoms with Crippen molar-refractivity contribution >= 4 is 0 Å². The van der Waals surface area contributed by atoms with Gasteiger partial charge in [0.1, 0.15) is 0 Å². The van der Waals surface area contributed by atoms with E-state index in [-0.39, 0.29) is 5.41 Å². The third-order valence-corrected chi connectivity index (χ3v) is 3.78. The first-order chi connectivity index (χ1) is 8.47. The fraction of sp³-hybridized carbons (Fsp3) is 0.625. The first kappa shape index (κ1) is 13.6. The van der Waals surface area contributed by atoms with Crippen LogP contribution in [0, 0.1) is 0 Å². The van der Waals surface area contributed by atoms with Crippen LogP contribution in [0.1, 0.15) is 44.4 Å². The summed E-state index contributed by atoms with van der Waals surface area (Å²) in [6, 6.07) is 9.62. The van der Waals surface area contributed by atoms with Gasteiger partial charge >= 0.3 is 0 Å². The molecule has 18 heavy (non-hydrogen) atoms. The van der Waals surface area contributed by atoms with Crippen LogP contribution >= 0.6 is 0 Å². The van der Waals surface area contributed by atoms with Gasteiger partial charge in [0, 0.05) is 12.6 Å². The summed E-state index contributed by atoms with van der Waals surface area (Å²) in [4.78, 5) is 2.42. The van der Waals surface area contributed by atoms with Crippen molar-refractivity contribution in [2.24, 2.45) is 0 Å². The van der Waals surface area contributed by atoms with Gasteiger partial charge in [-0.2, -0.15) is 0 Å². The zero-order chi connectivity index (χ0) is 13.2. The first-order valence-corrected chi connectivity index (χ1v) is 6.99. The molecular formula is C16H26N2. The number of nitrogens with one attached hydrogen (secondary N) is 1. The van der Waals surface area contributed by atoms with Crippen LogP contribution in [-0.2, 0) is 5.41 Å². The molecule has 0 saturated carbocycles. The number of hydrogen-bond donors (Lipinski definition) is 1. The third kappa shape index (κ3) is 3.33. The van der Waals surface area contributed by atoms with E-state index in [2.05, 4.69) is 62.3 Å². The lowest BCUT2D eigenvalue weighted by molar-refractivity contribution is 0.326. The van der Waals surface area contributed by atoms with E-state index in [1.807, 2.05) is 0 Å². The Hall–Kier alpha value is -0.860. The lowest BCUT2D eigenvalue weighted by atomic mass is 9.86. The Morgan fingerprint density at radius 1 is 1.17 bits per heavy atom. The molecular weight excluding hydrogens is 220 g/mol. The van der Waals surface area contributed by atoms with Gasteiger partial charge in [0.05, 0.1) is 0 Å². The van der Waals surface area contributed by atoms with Crippen LogP contribution in [0.15, 0.2) is 24.3 Å². The smallest absolute Gasteiger partial charge is 0.0449 e. The van der Waals surface area contributed by atoms with E-state index in [1.54, 1.807) is 0 Å². The summed E-state index contributed by atoms with van der Waals surface area (Å²) >= 11 is 0. The molecule has 0 aromatic heterocycles. The van der Waals surface area contributed by atoms with Gasteiger partial charge in [0.15, 0.2) is 0 Å². The first-order valence-electron chi connectivity index (χ1n) is 6.99. The van der Waals surface area contributed by atoms with E-state index < -0.39 is 0 Å². The number of nitrogens with zero attached hydrogens (tertiary/aromatic N) is 1. The molecule has 0 bridgehead atoms. The van der Waals surface area contributed by atoms with Crippen molar-refractivity contribution in [2.45, 2.75) is 38.6 Å². The summed E-state index contributed by atoms with van der Waals surface area (Å²) in [5.41, 5.74) is 3.07. The van der Waals surface area contributed by atoms with E-state index in [9.17, 15) is 0 Å². The topological polar surface area (TPSA) is 15.3 Å². The summed E-state index contributed by atoms with van der Waals surface area (Å²) in [6.07, 6.45) is 1.24. The summed E-state index contributed by atoms with van der Waals surface area (Å²) in [5, 5.41) is 3.64. The van der Waals surface area contributed by atoms with Crippen LogP contribution in [0.4, 0.5) is 0 Å². The van der Waals surface area contributed by atoms with Gasteiger partial charge in [-0.05, 0) is 43.1 Å². The maximum absolute atomic E-state index is 3.64. The van der Waals surface area contributed by atoms with Crippen molar-refractivity contribution in [3.63, 3.8) is 0 Å². The molecule has 1 unspecified atom stereocenters. The second-order valence-corrected chi connectivity index (χ2v) is 6.49. The Morgan fingerprint density at radius 3 is 2.44 bits per heavy atom. The molecule has 2 nitrogen and oxygen atoms in total. The summed E-state index contributed by atoms with van der Waals surface area (Å²) in [7, 11) is 2.21. The average Bonchev–Trinajstić information content (AvgIpc) is 2.53. The Labute approximate surface area is 111 Å². The summed E-state index contributed by atoms with van der Waals surface area (Å²) in [5.74, 6) is 0. The van der Waals surface area contributed by atoms with Gasteiger partial charge in [-0.1, -0.05) is 45.0 Å². The maximum Gasteiger partial charge on any atom is 0.0449 e. The lowest BCUT2D eigenvalue weighted by Crippen LogP contribution is -2.28. The minimum Gasteiger partial charge on any atom is -0.309 e. The SMILES string of the molecule is CN1CCCNC(c2ccc(C(C)(C)C)cc2)C1. The van der Waals surface area contributed by atoms with Gasteiger partial charge in [-0.15, -0.1) is 0 Å². The third-order valence-electron chi connectivity index (χ3n) is 3.78. The Bertz CT molecular complexity index is 375. The van der Waals surface area contributed by atoms with E-state index >= 15 is 0 Å². The Balaban J connectivity index is 2.13. The zero-order valence-electron chi connectivity index (χ0n) is 12.2. The van der Waals surface area contributed by atoms with E-state index in [0.717, 1.165) is 13.1 Å². The van der Waals surface area contributed by atoms with Crippen molar-refractivity contribution in [3.8, 4) is 0 Å². The molecule has 2 rings (SSSR count).